The lowest BCUT2D eigenvalue weighted by molar-refractivity contribution is 0.0625. The van der Waals surface area contributed by atoms with E-state index in [1.54, 1.807) is 0 Å². The van der Waals surface area contributed by atoms with Crippen molar-refractivity contribution in [3.8, 4) is 0 Å². The van der Waals surface area contributed by atoms with Gasteiger partial charge in [-0.25, -0.2) is 0 Å². The summed E-state index contributed by atoms with van der Waals surface area (Å²) in [5, 5.41) is 8.78. The molecular weight excluding hydrogens is 236 g/mol. The summed E-state index contributed by atoms with van der Waals surface area (Å²) >= 11 is 0. The molecule has 0 bridgehead atoms. The third-order valence-electron chi connectivity index (χ3n) is 5.20. The Bertz CT molecular complexity index is 225. The summed E-state index contributed by atoms with van der Waals surface area (Å²) in [5.74, 6) is 0.928. The highest BCUT2D eigenvalue weighted by atomic mass is 16.2. The maximum Gasteiger partial charge on any atom is 0.0431 e. The summed E-state index contributed by atoms with van der Waals surface area (Å²) < 4.78 is 0. The average Bonchev–Trinajstić information content (AvgIpc) is 2.46. The molecule has 1 fully saturated rings. The summed E-state index contributed by atoms with van der Waals surface area (Å²) in [5.41, 5.74) is 6.37. The van der Waals surface area contributed by atoms with E-state index in [0.29, 0.717) is 6.61 Å². The summed E-state index contributed by atoms with van der Waals surface area (Å²) in [6, 6.07) is 0. The van der Waals surface area contributed by atoms with Crippen molar-refractivity contribution < 1.29 is 5.11 Å². The summed E-state index contributed by atoms with van der Waals surface area (Å²) in [4.78, 5) is 2.53. The quantitative estimate of drug-likeness (QED) is 0.633. The van der Waals surface area contributed by atoms with Gasteiger partial charge in [-0.2, -0.15) is 0 Å². The number of hydrogen-bond donors (Lipinski definition) is 2. The molecule has 0 aromatic heterocycles. The van der Waals surface area contributed by atoms with Crippen molar-refractivity contribution in [3.05, 3.63) is 0 Å². The number of aliphatic hydroxyl groups is 1. The molecule has 0 atom stereocenters. The first-order valence-electron chi connectivity index (χ1n) is 8.20. The molecule has 0 amide bonds. The standard InChI is InChI=1S/C16H34N2O/c1-3-15-8-10-16(14-17,11-9-15)18(2)12-6-4-5-7-13-19/h15,19H,3-14,17H2,1-2H3. The molecule has 0 aromatic carbocycles. The van der Waals surface area contributed by atoms with Gasteiger partial charge >= 0.3 is 0 Å². The zero-order valence-corrected chi connectivity index (χ0v) is 13.0. The van der Waals surface area contributed by atoms with Gasteiger partial charge in [-0.15, -0.1) is 0 Å². The fourth-order valence-electron chi connectivity index (χ4n) is 3.42. The van der Waals surface area contributed by atoms with Crippen LogP contribution >= 0.6 is 0 Å². The molecule has 114 valence electrons. The van der Waals surface area contributed by atoms with Crippen LogP contribution in [0.4, 0.5) is 0 Å². The van der Waals surface area contributed by atoms with Crippen LogP contribution in [-0.4, -0.2) is 42.3 Å². The minimum atomic E-state index is 0.267. The van der Waals surface area contributed by atoms with E-state index in [4.69, 9.17) is 10.8 Å². The molecule has 1 aliphatic carbocycles. The predicted molar refractivity (Wildman–Crippen MR) is 82.2 cm³/mol. The first-order valence-corrected chi connectivity index (χ1v) is 8.20. The highest BCUT2D eigenvalue weighted by Crippen LogP contribution is 2.36. The van der Waals surface area contributed by atoms with Crippen LogP contribution < -0.4 is 5.73 Å². The second-order valence-electron chi connectivity index (χ2n) is 6.34. The van der Waals surface area contributed by atoms with E-state index in [2.05, 4.69) is 18.9 Å². The van der Waals surface area contributed by atoms with Crippen LogP contribution in [0.25, 0.3) is 0 Å². The van der Waals surface area contributed by atoms with E-state index in [1.165, 1.54) is 44.9 Å². The number of rotatable bonds is 9. The number of nitrogens with two attached hydrogens (primary N) is 1. The Morgan fingerprint density at radius 3 is 2.32 bits per heavy atom. The lowest BCUT2D eigenvalue weighted by Crippen LogP contribution is -2.54. The largest absolute Gasteiger partial charge is 0.396 e. The van der Waals surface area contributed by atoms with Crippen LogP contribution in [0.5, 0.6) is 0 Å². The normalized spacial score (nSPS) is 27.9. The van der Waals surface area contributed by atoms with E-state index >= 15 is 0 Å². The van der Waals surface area contributed by atoms with Gasteiger partial charge in [0.25, 0.3) is 0 Å². The van der Waals surface area contributed by atoms with Gasteiger partial charge in [0.1, 0.15) is 0 Å². The minimum absolute atomic E-state index is 0.267. The number of likely N-dealkylation sites (N-methyl/N-ethyl adjacent to an activating group) is 1. The summed E-state index contributed by atoms with van der Waals surface area (Å²) in [7, 11) is 2.26. The van der Waals surface area contributed by atoms with Gasteiger partial charge in [-0.3, -0.25) is 4.90 Å². The van der Waals surface area contributed by atoms with Gasteiger partial charge in [-0.05, 0) is 58.0 Å². The Hall–Kier alpha value is -0.120. The van der Waals surface area contributed by atoms with Crippen molar-refractivity contribution in [2.24, 2.45) is 11.7 Å². The van der Waals surface area contributed by atoms with Gasteiger partial charge in [-0.1, -0.05) is 26.2 Å². The van der Waals surface area contributed by atoms with Crippen LogP contribution in [0.2, 0.25) is 0 Å². The van der Waals surface area contributed by atoms with Crippen LogP contribution in [0, 0.1) is 5.92 Å². The van der Waals surface area contributed by atoms with E-state index in [9.17, 15) is 0 Å². The van der Waals surface area contributed by atoms with Crippen molar-refractivity contribution in [2.75, 3.05) is 26.7 Å². The maximum atomic E-state index is 8.78. The molecule has 0 radical (unpaired) electrons. The molecule has 1 aliphatic rings. The van der Waals surface area contributed by atoms with E-state index in [0.717, 1.165) is 31.8 Å². The molecule has 0 aliphatic heterocycles. The molecule has 0 heterocycles. The molecule has 1 saturated carbocycles. The average molecular weight is 270 g/mol. The topological polar surface area (TPSA) is 49.5 Å². The van der Waals surface area contributed by atoms with E-state index in [-0.39, 0.29) is 5.54 Å². The van der Waals surface area contributed by atoms with Crippen molar-refractivity contribution in [2.45, 2.75) is 70.3 Å². The Kier molecular flexibility index (Phi) is 7.96. The first-order chi connectivity index (χ1) is 9.18. The number of aliphatic hydroxyl groups excluding tert-OH is 1. The van der Waals surface area contributed by atoms with Gasteiger partial charge in [0.2, 0.25) is 0 Å². The van der Waals surface area contributed by atoms with Crippen LogP contribution in [0.1, 0.15) is 64.7 Å². The molecule has 3 nitrogen and oxygen atoms in total. The number of unbranched alkanes of at least 4 members (excludes halogenated alkanes) is 3. The second kappa shape index (κ2) is 8.93. The Balaban J connectivity index is 2.32. The van der Waals surface area contributed by atoms with Crippen molar-refractivity contribution in [1.82, 2.24) is 4.90 Å². The van der Waals surface area contributed by atoms with Crippen molar-refractivity contribution in [1.29, 1.82) is 0 Å². The fraction of sp³-hybridized carbons (Fsp3) is 1.00. The lowest BCUT2D eigenvalue weighted by Gasteiger charge is -2.46. The molecule has 0 saturated heterocycles. The monoisotopic (exact) mass is 270 g/mol. The second-order valence-corrected chi connectivity index (χ2v) is 6.34. The van der Waals surface area contributed by atoms with Gasteiger partial charge in [0.05, 0.1) is 0 Å². The fourth-order valence-corrected chi connectivity index (χ4v) is 3.42. The molecular formula is C16H34N2O. The van der Waals surface area contributed by atoms with Crippen molar-refractivity contribution >= 4 is 0 Å². The molecule has 0 unspecified atom stereocenters. The van der Waals surface area contributed by atoms with Gasteiger partial charge in [0, 0.05) is 18.7 Å². The summed E-state index contributed by atoms with van der Waals surface area (Å²) in [6.45, 7) is 4.60. The smallest absolute Gasteiger partial charge is 0.0431 e. The SMILES string of the molecule is CCC1CCC(CN)(N(C)CCCCCCO)CC1. The Morgan fingerprint density at radius 1 is 1.16 bits per heavy atom. The number of hydrogen-bond acceptors (Lipinski definition) is 3. The highest BCUT2D eigenvalue weighted by Gasteiger charge is 2.36. The Labute approximate surface area is 119 Å². The number of nitrogens with zero attached hydrogens (tertiary/aromatic N) is 1. The van der Waals surface area contributed by atoms with Crippen molar-refractivity contribution in [3.63, 3.8) is 0 Å². The maximum absolute atomic E-state index is 8.78. The van der Waals surface area contributed by atoms with Crippen LogP contribution in [0.3, 0.4) is 0 Å². The van der Waals surface area contributed by atoms with Crippen LogP contribution in [0.15, 0.2) is 0 Å². The summed E-state index contributed by atoms with van der Waals surface area (Å²) in [6.07, 6.45) is 11.1. The molecule has 0 spiro atoms. The molecule has 1 rings (SSSR count). The third-order valence-corrected chi connectivity index (χ3v) is 5.20. The van der Waals surface area contributed by atoms with Gasteiger partial charge in [0.15, 0.2) is 0 Å². The van der Waals surface area contributed by atoms with E-state index < -0.39 is 0 Å². The molecule has 0 aromatic rings. The minimum Gasteiger partial charge on any atom is -0.396 e. The molecule has 3 heteroatoms. The van der Waals surface area contributed by atoms with Gasteiger partial charge < -0.3 is 10.8 Å². The molecule has 19 heavy (non-hydrogen) atoms. The van der Waals surface area contributed by atoms with E-state index in [1.807, 2.05) is 0 Å². The first kappa shape index (κ1) is 16.9. The zero-order chi connectivity index (χ0) is 14.1. The zero-order valence-electron chi connectivity index (χ0n) is 13.0. The third kappa shape index (κ3) is 5.05. The molecule has 3 N–H and O–H groups in total. The predicted octanol–water partition coefficient (Wildman–Crippen LogP) is 2.77. The highest BCUT2D eigenvalue weighted by molar-refractivity contribution is 4.94. The van der Waals surface area contributed by atoms with Crippen LogP contribution in [-0.2, 0) is 0 Å². The Morgan fingerprint density at radius 2 is 1.79 bits per heavy atom. The lowest BCUT2D eigenvalue weighted by atomic mass is 9.74.